The molecule has 0 aliphatic carbocycles. The van der Waals surface area contributed by atoms with Crippen LogP contribution in [-0.2, 0) is 0 Å². The molecule has 2 N–H and O–H groups in total. The fraction of sp³-hybridized carbons (Fsp3) is 0.250. The zero-order valence-electron chi connectivity index (χ0n) is 17.1. The van der Waals surface area contributed by atoms with Crippen LogP contribution >= 0.6 is 11.6 Å². The highest BCUT2D eigenvalue weighted by Gasteiger charge is 2.39. The number of ether oxygens (including phenoxy) is 1. The number of benzene rings is 2. The lowest BCUT2D eigenvalue weighted by atomic mass is 10.1. The molecule has 0 aromatic heterocycles. The molecule has 0 aliphatic heterocycles. The number of hydrogen-bond acceptors (Lipinski definition) is 3. The molecule has 0 saturated heterocycles. The second-order valence-electron chi connectivity index (χ2n) is 6.61. The van der Waals surface area contributed by atoms with Gasteiger partial charge in [0, 0.05) is 13.1 Å². The summed E-state index contributed by atoms with van der Waals surface area (Å²) in [6.07, 6.45) is -7.25. The minimum absolute atomic E-state index is 0.207. The molecule has 0 bridgehead atoms. The van der Waals surface area contributed by atoms with Crippen molar-refractivity contribution in [3.8, 4) is 5.75 Å². The molecule has 0 aliphatic rings. The quantitative estimate of drug-likeness (QED) is 0.412. The van der Waals surface area contributed by atoms with Crippen LogP contribution in [0.3, 0.4) is 0 Å². The standard InChI is InChI=1S/C20H16ClF5N4O3/c1-10(20(24,25)26)33-16-8-15(28-19(32)30(3)9-27-2)14(23)7-11(16)18(31)29-17-12(21)5-4-6-13(17)22/h4-8,10H,9H2,1,3H3,(H,28,32)(H,29,31)/t10-/m0/s1. The van der Waals surface area contributed by atoms with Crippen LogP contribution in [0.4, 0.5) is 38.1 Å². The maximum Gasteiger partial charge on any atom is 0.425 e. The van der Waals surface area contributed by atoms with Gasteiger partial charge in [0.05, 0.1) is 22.0 Å². The molecule has 7 nitrogen and oxygen atoms in total. The molecule has 1 atom stereocenters. The molecule has 0 fully saturated rings. The van der Waals surface area contributed by atoms with Gasteiger partial charge in [-0.3, -0.25) is 14.5 Å². The summed E-state index contributed by atoms with van der Waals surface area (Å²) in [7, 11) is 1.23. The number of rotatable bonds is 6. The van der Waals surface area contributed by atoms with Gasteiger partial charge < -0.3 is 15.4 Å². The smallest absolute Gasteiger partial charge is 0.425 e. The lowest BCUT2D eigenvalue weighted by Crippen LogP contribution is -2.33. The van der Waals surface area contributed by atoms with Gasteiger partial charge in [-0.05, 0) is 25.1 Å². The summed E-state index contributed by atoms with van der Waals surface area (Å²) >= 11 is 5.83. The Morgan fingerprint density at radius 2 is 1.88 bits per heavy atom. The Bertz CT molecular complexity index is 1080. The van der Waals surface area contributed by atoms with E-state index in [4.69, 9.17) is 22.9 Å². The molecule has 3 amide bonds. The first-order valence-electron chi connectivity index (χ1n) is 9.02. The molecule has 13 heteroatoms. The first-order chi connectivity index (χ1) is 15.3. The number of urea groups is 1. The van der Waals surface area contributed by atoms with E-state index < -0.39 is 58.5 Å². The van der Waals surface area contributed by atoms with Crippen LogP contribution in [0.15, 0.2) is 30.3 Å². The number of alkyl halides is 3. The Morgan fingerprint density at radius 3 is 2.45 bits per heavy atom. The third-order valence-corrected chi connectivity index (χ3v) is 4.47. The fourth-order valence-electron chi connectivity index (χ4n) is 2.36. The number of nitrogens with zero attached hydrogens (tertiary/aromatic N) is 2. The topological polar surface area (TPSA) is 75.0 Å². The zero-order chi connectivity index (χ0) is 24.9. The largest absolute Gasteiger partial charge is 0.480 e. The molecule has 0 spiro atoms. The molecule has 176 valence electrons. The van der Waals surface area contributed by atoms with Gasteiger partial charge in [0.25, 0.3) is 12.6 Å². The monoisotopic (exact) mass is 490 g/mol. The van der Waals surface area contributed by atoms with E-state index in [-0.39, 0.29) is 11.7 Å². The van der Waals surface area contributed by atoms with Crippen molar-refractivity contribution in [3.63, 3.8) is 0 Å². The Hall–Kier alpha value is -3.59. The number of carbonyl (C=O) groups is 2. The first kappa shape index (κ1) is 25.7. The van der Waals surface area contributed by atoms with Crippen LogP contribution in [0, 0.1) is 18.2 Å². The predicted octanol–water partition coefficient (Wildman–Crippen LogP) is 5.54. The van der Waals surface area contributed by atoms with Gasteiger partial charge in [-0.1, -0.05) is 17.7 Å². The van der Waals surface area contributed by atoms with Crippen molar-refractivity contribution >= 4 is 34.9 Å². The Balaban J connectivity index is 2.47. The van der Waals surface area contributed by atoms with Crippen LogP contribution in [0.1, 0.15) is 17.3 Å². The number of carbonyl (C=O) groups excluding carboxylic acids is 2. The van der Waals surface area contributed by atoms with E-state index in [2.05, 4.69) is 15.5 Å². The molecule has 0 heterocycles. The highest BCUT2D eigenvalue weighted by atomic mass is 35.5. The van der Waals surface area contributed by atoms with Gasteiger partial charge in [-0.15, -0.1) is 0 Å². The second kappa shape index (κ2) is 10.4. The molecule has 2 aromatic carbocycles. The van der Waals surface area contributed by atoms with E-state index in [9.17, 15) is 31.5 Å². The van der Waals surface area contributed by atoms with Crippen molar-refractivity contribution in [2.45, 2.75) is 19.2 Å². The van der Waals surface area contributed by atoms with E-state index >= 15 is 0 Å². The summed E-state index contributed by atoms with van der Waals surface area (Å²) in [5.41, 5.74) is -1.80. The van der Waals surface area contributed by atoms with Crippen molar-refractivity contribution in [2.75, 3.05) is 24.3 Å². The number of amides is 3. The molecule has 0 saturated carbocycles. The molecular weight excluding hydrogens is 475 g/mol. The van der Waals surface area contributed by atoms with Crippen LogP contribution in [-0.4, -0.2) is 42.8 Å². The van der Waals surface area contributed by atoms with Crippen LogP contribution in [0.2, 0.25) is 5.02 Å². The Kier molecular flexibility index (Phi) is 8.05. The van der Waals surface area contributed by atoms with Crippen molar-refractivity contribution in [1.29, 1.82) is 0 Å². The molecule has 2 aromatic rings. The third-order valence-electron chi connectivity index (χ3n) is 4.15. The van der Waals surface area contributed by atoms with E-state index in [0.717, 1.165) is 11.0 Å². The lowest BCUT2D eigenvalue weighted by Gasteiger charge is -2.21. The summed E-state index contributed by atoms with van der Waals surface area (Å²) in [6.45, 7) is 7.02. The average molecular weight is 491 g/mol. The fourth-order valence-corrected chi connectivity index (χ4v) is 2.57. The van der Waals surface area contributed by atoms with Gasteiger partial charge in [0.15, 0.2) is 6.10 Å². The van der Waals surface area contributed by atoms with E-state index in [1.807, 2.05) is 0 Å². The van der Waals surface area contributed by atoms with Crippen molar-refractivity contribution in [2.24, 2.45) is 0 Å². The van der Waals surface area contributed by atoms with Gasteiger partial charge in [0.2, 0.25) is 0 Å². The third kappa shape index (κ3) is 6.45. The molecular formula is C20H16ClF5N4O3. The predicted molar refractivity (Wildman–Crippen MR) is 110 cm³/mol. The van der Waals surface area contributed by atoms with E-state index in [0.29, 0.717) is 19.1 Å². The minimum Gasteiger partial charge on any atom is -0.480 e. The lowest BCUT2D eigenvalue weighted by molar-refractivity contribution is -0.189. The van der Waals surface area contributed by atoms with E-state index in [1.165, 1.54) is 19.2 Å². The van der Waals surface area contributed by atoms with Gasteiger partial charge >= 0.3 is 12.2 Å². The zero-order valence-corrected chi connectivity index (χ0v) is 17.8. The summed E-state index contributed by atoms with van der Waals surface area (Å²) in [5.74, 6) is -4.09. The maximum absolute atomic E-state index is 14.6. The normalized spacial score (nSPS) is 11.8. The van der Waals surface area contributed by atoms with Crippen LogP contribution in [0.25, 0.3) is 4.85 Å². The Labute approximate surface area is 189 Å². The van der Waals surface area contributed by atoms with Gasteiger partial charge in [-0.25, -0.2) is 20.1 Å². The SMILES string of the molecule is [C-]#[N+]CN(C)C(=O)Nc1cc(O[C@@H](C)C(F)(F)F)c(C(=O)Nc2c(F)cccc2Cl)cc1F. The van der Waals surface area contributed by atoms with Crippen LogP contribution in [0.5, 0.6) is 5.75 Å². The first-order valence-corrected chi connectivity index (χ1v) is 9.40. The second-order valence-corrected chi connectivity index (χ2v) is 7.02. The van der Waals surface area contributed by atoms with Crippen molar-refractivity contribution in [3.05, 3.63) is 64.0 Å². The molecule has 0 radical (unpaired) electrons. The summed E-state index contributed by atoms with van der Waals surface area (Å²) < 4.78 is 72.5. The van der Waals surface area contributed by atoms with Gasteiger partial charge in [0.1, 0.15) is 17.4 Å². The Morgan fingerprint density at radius 1 is 1.21 bits per heavy atom. The summed E-state index contributed by atoms with van der Waals surface area (Å²) in [4.78, 5) is 28.5. The maximum atomic E-state index is 14.6. The number of anilines is 2. The minimum atomic E-state index is -4.84. The van der Waals surface area contributed by atoms with E-state index in [1.54, 1.807) is 0 Å². The summed E-state index contributed by atoms with van der Waals surface area (Å²) in [6, 6.07) is 3.75. The number of para-hydroxylation sites is 1. The number of hydrogen-bond donors (Lipinski definition) is 2. The van der Waals surface area contributed by atoms with Crippen molar-refractivity contribution < 1.29 is 36.3 Å². The highest BCUT2D eigenvalue weighted by molar-refractivity contribution is 6.34. The van der Waals surface area contributed by atoms with Crippen molar-refractivity contribution in [1.82, 2.24) is 4.90 Å². The highest BCUT2D eigenvalue weighted by Crippen LogP contribution is 2.33. The molecule has 0 unspecified atom stereocenters. The summed E-state index contributed by atoms with van der Waals surface area (Å²) in [5, 5.41) is 3.94. The number of nitrogens with one attached hydrogen (secondary N) is 2. The molecule has 2 rings (SSSR count). The van der Waals surface area contributed by atoms with Gasteiger partial charge in [-0.2, -0.15) is 13.2 Å². The van der Waals surface area contributed by atoms with Crippen LogP contribution < -0.4 is 15.4 Å². The number of halogens is 6. The average Bonchev–Trinajstić information content (AvgIpc) is 2.72. The molecule has 33 heavy (non-hydrogen) atoms.